The van der Waals surface area contributed by atoms with Crippen LogP contribution in [0.2, 0.25) is 0 Å². The summed E-state index contributed by atoms with van der Waals surface area (Å²) in [6.07, 6.45) is 0. The van der Waals surface area contributed by atoms with E-state index in [1.807, 2.05) is 24.3 Å². The Hall–Kier alpha value is -7.56. The van der Waals surface area contributed by atoms with Gasteiger partial charge in [0, 0.05) is 49.6 Å². The third-order valence-corrected chi connectivity index (χ3v) is 10.9. The lowest BCUT2D eigenvalue weighted by Crippen LogP contribution is -1.98. The topological polar surface area (TPSA) is 35.6 Å². The minimum Gasteiger partial charge on any atom is -0.309 e. The van der Waals surface area contributed by atoms with E-state index in [4.69, 9.17) is 9.97 Å². The molecule has 0 fully saturated rings. The van der Waals surface area contributed by atoms with Crippen molar-refractivity contribution in [3.8, 4) is 56.4 Å². The molecule has 11 aromatic rings. The molecule has 0 spiro atoms. The van der Waals surface area contributed by atoms with E-state index in [9.17, 15) is 0 Å². The Morgan fingerprint density at radius 3 is 1.34 bits per heavy atom. The fourth-order valence-electron chi connectivity index (χ4n) is 8.33. The molecule has 0 saturated carbocycles. The van der Waals surface area contributed by atoms with Crippen molar-refractivity contribution in [1.82, 2.24) is 19.1 Å². The lowest BCUT2D eigenvalue weighted by atomic mass is 9.99. The van der Waals surface area contributed by atoms with Crippen LogP contribution in [-0.4, -0.2) is 19.1 Å². The highest BCUT2D eigenvalue weighted by Crippen LogP contribution is 2.38. The summed E-state index contributed by atoms with van der Waals surface area (Å²) in [6.45, 7) is 0. The van der Waals surface area contributed by atoms with E-state index in [0.717, 1.165) is 56.1 Å². The van der Waals surface area contributed by atoms with E-state index >= 15 is 0 Å². The van der Waals surface area contributed by atoms with Gasteiger partial charge in [0.25, 0.3) is 0 Å². The third kappa shape index (κ3) is 5.31. The molecule has 0 radical (unpaired) electrons. The van der Waals surface area contributed by atoms with Gasteiger partial charge in [-0.2, -0.15) is 0 Å². The second-order valence-corrected chi connectivity index (χ2v) is 14.2. The quantitative estimate of drug-likeness (QED) is 0.172. The molecular formula is C52H34N4. The summed E-state index contributed by atoms with van der Waals surface area (Å²) in [7, 11) is 0. The molecule has 0 N–H and O–H groups in total. The van der Waals surface area contributed by atoms with Gasteiger partial charge in [-0.05, 0) is 65.7 Å². The van der Waals surface area contributed by atoms with Crippen molar-refractivity contribution in [3.63, 3.8) is 0 Å². The highest BCUT2D eigenvalue weighted by molar-refractivity contribution is 6.11. The Morgan fingerprint density at radius 1 is 0.268 bits per heavy atom. The Morgan fingerprint density at radius 2 is 0.714 bits per heavy atom. The van der Waals surface area contributed by atoms with Crippen molar-refractivity contribution in [1.29, 1.82) is 0 Å². The summed E-state index contributed by atoms with van der Waals surface area (Å²) < 4.78 is 4.80. The fraction of sp³-hybridized carbons (Fsp3) is 0. The number of aromatic nitrogens is 4. The molecule has 56 heavy (non-hydrogen) atoms. The minimum absolute atomic E-state index is 0.710. The first kappa shape index (κ1) is 31.9. The summed E-state index contributed by atoms with van der Waals surface area (Å²) in [5.74, 6) is 0.710. The lowest BCUT2D eigenvalue weighted by molar-refractivity contribution is 1.13. The number of benzene rings is 8. The van der Waals surface area contributed by atoms with E-state index in [2.05, 4.69) is 191 Å². The molecule has 8 aromatic carbocycles. The van der Waals surface area contributed by atoms with Crippen LogP contribution in [0.15, 0.2) is 206 Å². The molecule has 0 aliphatic rings. The molecule has 4 nitrogen and oxygen atoms in total. The molecule has 4 heteroatoms. The number of fused-ring (bicyclic) bond motifs is 6. The largest absolute Gasteiger partial charge is 0.309 e. The summed E-state index contributed by atoms with van der Waals surface area (Å²) in [5, 5.41) is 4.96. The van der Waals surface area contributed by atoms with Crippen molar-refractivity contribution in [2.45, 2.75) is 0 Å². The van der Waals surface area contributed by atoms with E-state index in [1.165, 1.54) is 38.1 Å². The van der Waals surface area contributed by atoms with Gasteiger partial charge in [-0.1, -0.05) is 152 Å². The van der Waals surface area contributed by atoms with Crippen LogP contribution in [0.5, 0.6) is 0 Å². The molecule has 0 unspecified atom stereocenters. The van der Waals surface area contributed by atoms with Gasteiger partial charge in [0.15, 0.2) is 5.82 Å². The number of nitrogens with zero attached hydrogens (tertiary/aromatic N) is 4. The normalized spacial score (nSPS) is 11.6. The van der Waals surface area contributed by atoms with Crippen LogP contribution in [-0.2, 0) is 0 Å². The molecular weight excluding hydrogens is 681 g/mol. The second kappa shape index (κ2) is 13.1. The summed E-state index contributed by atoms with van der Waals surface area (Å²) in [5.41, 5.74) is 14.1. The number of hydrogen-bond acceptors (Lipinski definition) is 2. The number of hydrogen-bond donors (Lipinski definition) is 0. The van der Waals surface area contributed by atoms with Crippen LogP contribution in [0.4, 0.5) is 0 Å². The summed E-state index contributed by atoms with van der Waals surface area (Å²) in [4.78, 5) is 10.1. The highest BCUT2D eigenvalue weighted by atomic mass is 15.0. The molecule has 11 rings (SSSR count). The maximum absolute atomic E-state index is 5.12. The van der Waals surface area contributed by atoms with Gasteiger partial charge in [-0.3, -0.25) is 0 Å². The van der Waals surface area contributed by atoms with Crippen LogP contribution < -0.4 is 0 Å². The van der Waals surface area contributed by atoms with Crippen LogP contribution in [0.1, 0.15) is 0 Å². The van der Waals surface area contributed by atoms with Crippen molar-refractivity contribution in [2.24, 2.45) is 0 Å². The number of para-hydroxylation sites is 3. The predicted molar refractivity (Wildman–Crippen MR) is 232 cm³/mol. The van der Waals surface area contributed by atoms with E-state index < -0.39 is 0 Å². The van der Waals surface area contributed by atoms with Crippen LogP contribution in [0, 0.1) is 0 Å². The Labute approximate surface area is 324 Å². The monoisotopic (exact) mass is 714 g/mol. The van der Waals surface area contributed by atoms with Crippen molar-refractivity contribution in [2.75, 3.05) is 0 Å². The third-order valence-electron chi connectivity index (χ3n) is 10.9. The van der Waals surface area contributed by atoms with E-state index in [0.29, 0.717) is 5.82 Å². The Bertz CT molecular complexity index is 3140. The zero-order valence-corrected chi connectivity index (χ0v) is 30.4. The first-order valence-electron chi connectivity index (χ1n) is 19.0. The van der Waals surface area contributed by atoms with Crippen LogP contribution in [0.25, 0.3) is 100 Å². The molecule has 0 saturated heterocycles. The molecule has 3 aromatic heterocycles. The van der Waals surface area contributed by atoms with Gasteiger partial charge in [0.1, 0.15) is 0 Å². The lowest BCUT2D eigenvalue weighted by Gasteiger charge is -2.13. The van der Waals surface area contributed by atoms with E-state index in [1.54, 1.807) is 0 Å². The smallest absolute Gasteiger partial charge is 0.160 e. The molecule has 0 bridgehead atoms. The zero-order chi connectivity index (χ0) is 37.0. The van der Waals surface area contributed by atoms with Gasteiger partial charge in [-0.15, -0.1) is 0 Å². The highest BCUT2D eigenvalue weighted by Gasteiger charge is 2.17. The summed E-state index contributed by atoms with van der Waals surface area (Å²) in [6, 6.07) is 73.3. The molecule has 0 atom stereocenters. The maximum atomic E-state index is 5.12. The van der Waals surface area contributed by atoms with Gasteiger partial charge >= 0.3 is 0 Å². The van der Waals surface area contributed by atoms with Gasteiger partial charge in [0.2, 0.25) is 0 Å². The molecule has 0 aliphatic carbocycles. The first-order valence-corrected chi connectivity index (χ1v) is 19.0. The average molecular weight is 715 g/mol. The van der Waals surface area contributed by atoms with Gasteiger partial charge in [0.05, 0.1) is 33.5 Å². The second-order valence-electron chi connectivity index (χ2n) is 14.2. The van der Waals surface area contributed by atoms with Crippen LogP contribution >= 0.6 is 0 Å². The Balaban J connectivity index is 1.06. The van der Waals surface area contributed by atoms with Crippen LogP contribution in [0.3, 0.4) is 0 Å². The summed E-state index contributed by atoms with van der Waals surface area (Å²) >= 11 is 0. The standard InChI is InChI=1S/C52H34N4/c1-3-15-35(16-4-1)46-34-47(54-52(53-46)36-17-5-2-6-18-36)39-20-13-19-37(31-39)38-29-30-45-44-25-9-12-28-50(44)56(51(45)32-38)41-22-14-21-40(33-41)55-48-26-10-7-23-42(48)43-24-8-11-27-49(43)55/h1-34H. The van der Waals surface area contributed by atoms with Crippen molar-refractivity contribution in [3.05, 3.63) is 206 Å². The molecule has 3 heterocycles. The minimum atomic E-state index is 0.710. The molecule has 0 aliphatic heterocycles. The van der Waals surface area contributed by atoms with Gasteiger partial charge < -0.3 is 9.13 Å². The predicted octanol–water partition coefficient (Wildman–Crippen LogP) is 13.3. The van der Waals surface area contributed by atoms with E-state index in [-0.39, 0.29) is 0 Å². The average Bonchev–Trinajstić information content (AvgIpc) is 3.80. The van der Waals surface area contributed by atoms with Gasteiger partial charge in [-0.25, -0.2) is 9.97 Å². The molecule has 262 valence electrons. The number of rotatable bonds is 6. The zero-order valence-electron chi connectivity index (χ0n) is 30.4. The first-order chi connectivity index (χ1) is 27.8. The molecule has 0 amide bonds. The SMILES string of the molecule is c1ccc(-c2cc(-c3cccc(-c4ccc5c6ccccc6n(-c6cccc(-n7c8ccccc8c8ccccc87)c6)c5c4)c3)nc(-c3ccccc3)n2)cc1. The van der Waals surface area contributed by atoms with Crippen molar-refractivity contribution >= 4 is 43.6 Å². The van der Waals surface area contributed by atoms with Crippen molar-refractivity contribution < 1.29 is 0 Å². The Kier molecular flexibility index (Phi) is 7.46. The fourth-order valence-corrected chi connectivity index (χ4v) is 8.33. The maximum Gasteiger partial charge on any atom is 0.160 e.